The Balaban J connectivity index is 2.75. The van der Waals surface area contributed by atoms with Gasteiger partial charge >= 0.3 is 0 Å². The minimum atomic E-state index is 0.613. The van der Waals surface area contributed by atoms with E-state index in [4.69, 9.17) is 4.74 Å². The van der Waals surface area contributed by atoms with Gasteiger partial charge in [-0.2, -0.15) is 0 Å². The molecule has 1 atom stereocenters. The van der Waals surface area contributed by atoms with Crippen LogP contribution in [-0.2, 0) is 6.54 Å². The summed E-state index contributed by atoms with van der Waals surface area (Å²) in [6, 6.07) is 6.30. The largest absolute Gasteiger partial charge is 0.493 e. The molecule has 0 bridgehead atoms. The highest BCUT2D eigenvalue weighted by Gasteiger charge is 2.07. The van der Waals surface area contributed by atoms with Crippen molar-refractivity contribution in [2.45, 2.75) is 33.7 Å². The lowest BCUT2D eigenvalue weighted by molar-refractivity contribution is 0.252. The van der Waals surface area contributed by atoms with Crippen LogP contribution in [0.25, 0.3) is 0 Å². The zero-order valence-electron chi connectivity index (χ0n) is 10.8. The zero-order chi connectivity index (χ0) is 12.0. The van der Waals surface area contributed by atoms with Crippen molar-refractivity contribution in [3.8, 4) is 5.75 Å². The molecule has 2 nitrogen and oxygen atoms in total. The number of para-hydroxylation sites is 1. The molecule has 2 heteroatoms. The van der Waals surface area contributed by atoms with Gasteiger partial charge in [0.05, 0.1) is 6.61 Å². The minimum Gasteiger partial charge on any atom is -0.493 e. The molecule has 0 spiro atoms. The Morgan fingerprint density at radius 2 is 2.12 bits per heavy atom. The van der Waals surface area contributed by atoms with E-state index in [1.54, 1.807) is 0 Å². The fourth-order valence-electron chi connectivity index (χ4n) is 1.59. The van der Waals surface area contributed by atoms with Crippen molar-refractivity contribution < 1.29 is 4.74 Å². The van der Waals surface area contributed by atoms with Gasteiger partial charge in [0.1, 0.15) is 5.75 Å². The first kappa shape index (κ1) is 13.0. The van der Waals surface area contributed by atoms with E-state index in [-0.39, 0.29) is 0 Å². The summed E-state index contributed by atoms with van der Waals surface area (Å²) in [4.78, 5) is 0. The van der Waals surface area contributed by atoms with Crippen molar-refractivity contribution in [3.63, 3.8) is 0 Å². The Morgan fingerprint density at radius 3 is 2.75 bits per heavy atom. The van der Waals surface area contributed by atoms with Crippen LogP contribution < -0.4 is 10.1 Å². The number of nitrogens with one attached hydrogen (secondary N) is 1. The van der Waals surface area contributed by atoms with E-state index in [1.807, 2.05) is 7.05 Å². The predicted octanol–water partition coefficient (Wildman–Crippen LogP) is 3.14. The third-order valence-corrected chi connectivity index (χ3v) is 2.87. The molecule has 0 saturated heterocycles. The Hall–Kier alpha value is -1.02. The first-order valence-electron chi connectivity index (χ1n) is 6.04. The van der Waals surface area contributed by atoms with Crippen LogP contribution in [0.1, 0.15) is 31.4 Å². The molecule has 0 amide bonds. The van der Waals surface area contributed by atoms with E-state index < -0.39 is 0 Å². The minimum absolute atomic E-state index is 0.613. The molecule has 1 aromatic carbocycles. The molecule has 0 aliphatic heterocycles. The van der Waals surface area contributed by atoms with Crippen molar-refractivity contribution in [1.82, 2.24) is 5.32 Å². The smallest absolute Gasteiger partial charge is 0.126 e. The summed E-state index contributed by atoms with van der Waals surface area (Å²) >= 11 is 0. The van der Waals surface area contributed by atoms with E-state index in [0.717, 1.165) is 25.3 Å². The van der Waals surface area contributed by atoms with Gasteiger partial charge in [-0.15, -0.1) is 0 Å². The van der Waals surface area contributed by atoms with Crippen LogP contribution in [0.15, 0.2) is 18.2 Å². The molecule has 16 heavy (non-hydrogen) atoms. The molecule has 1 N–H and O–H groups in total. The molecule has 1 rings (SSSR count). The van der Waals surface area contributed by atoms with Gasteiger partial charge < -0.3 is 10.1 Å². The van der Waals surface area contributed by atoms with Crippen molar-refractivity contribution in [3.05, 3.63) is 29.3 Å². The van der Waals surface area contributed by atoms with Gasteiger partial charge in [-0.05, 0) is 25.5 Å². The molecule has 0 saturated carbocycles. The molecule has 0 aromatic heterocycles. The topological polar surface area (TPSA) is 21.3 Å². The molecular weight excluding hydrogens is 198 g/mol. The van der Waals surface area contributed by atoms with E-state index in [9.17, 15) is 0 Å². The molecule has 1 aromatic rings. The van der Waals surface area contributed by atoms with Crippen LogP contribution >= 0.6 is 0 Å². The van der Waals surface area contributed by atoms with Crippen LogP contribution in [0.4, 0.5) is 0 Å². The van der Waals surface area contributed by atoms with Gasteiger partial charge in [0.2, 0.25) is 0 Å². The molecule has 0 aliphatic carbocycles. The number of hydrogen-bond acceptors (Lipinski definition) is 2. The Bertz CT molecular complexity index is 323. The van der Waals surface area contributed by atoms with Crippen molar-refractivity contribution >= 4 is 0 Å². The standard InChI is InChI=1S/C14H23NO/c1-5-11(2)10-16-14-12(3)7-6-8-13(14)9-15-4/h6-8,11,15H,5,9-10H2,1-4H3. The second-order valence-corrected chi connectivity index (χ2v) is 4.42. The van der Waals surface area contributed by atoms with Gasteiger partial charge in [-0.3, -0.25) is 0 Å². The Morgan fingerprint density at radius 1 is 1.38 bits per heavy atom. The van der Waals surface area contributed by atoms with Crippen LogP contribution in [0.5, 0.6) is 5.75 Å². The summed E-state index contributed by atoms with van der Waals surface area (Å²) in [6.45, 7) is 8.18. The van der Waals surface area contributed by atoms with Gasteiger partial charge in [0.15, 0.2) is 0 Å². The van der Waals surface area contributed by atoms with E-state index in [2.05, 4.69) is 44.3 Å². The van der Waals surface area contributed by atoms with Gasteiger partial charge in [-0.25, -0.2) is 0 Å². The highest BCUT2D eigenvalue weighted by atomic mass is 16.5. The lowest BCUT2D eigenvalue weighted by atomic mass is 10.1. The highest BCUT2D eigenvalue weighted by molar-refractivity contribution is 5.40. The van der Waals surface area contributed by atoms with E-state index in [0.29, 0.717) is 5.92 Å². The average Bonchev–Trinajstić information content (AvgIpc) is 2.28. The zero-order valence-corrected chi connectivity index (χ0v) is 10.8. The SMILES string of the molecule is CCC(C)COc1c(C)cccc1CNC. The van der Waals surface area contributed by atoms with Crippen molar-refractivity contribution in [2.24, 2.45) is 5.92 Å². The third kappa shape index (κ3) is 3.53. The summed E-state index contributed by atoms with van der Waals surface area (Å²) in [5.74, 6) is 1.67. The van der Waals surface area contributed by atoms with Crippen LogP contribution in [0.3, 0.4) is 0 Å². The lowest BCUT2D eigenvalue weighted by Crippen LogP contribution is -2.12. The molecule has 0 aliphatic rings. The first-order chi connectivity index (χ1) is 7.69. The Labute approximate surface area is 99.0 Å². The van der Waals surface area contributed by atoms with E-state index >= 15 is 0 Å². The summed E-state index contributed by atoms with van der Waals surface area (Å²) < 4.78 is 5.93. The quantitative estimate of drug-likeness (QED) is 0.797. The monoisotopic (exact) mass is 221 g/mol. The molecule has 0 fully saturated rings. The number of hydrogen-bond donors (Lipinski definition) is 1. The molecule has 1 unspecified atom stereocenters. The summed E-state index contributed by atoms with van der Waals surface area (Å²) in [6.07, 6.45) is 1.16. The third-order valence-electron chi connectivity index (χ3n) is 2.87. The first-order valence-corrected chi connectivity index (χ1v) is 6.04. The van der Waals surface area contributed by atoms with Crippen LogP contribution in [0.2, 0.25) is 0 Å². The maximum atomic E-state index is 5.93. The normalized spacial score (nSPS) is 12.5. The van der Waals surface area contributed by atoms with Gasteiger partial charge in [-0.1, -0.05) is 38.5 Å². The fourth-order valence-corrected chi connectivity index (χ4v) is 1.59. The van der Waals surface area contributed by atoms with Crippen molar-refractivity contribution in [2.75, 3.05) is 13.7 Å². The average molecular weight is 221 g/mol. The highest BCUT2D eigenvalue weighted by Crippen LogP contribution is 2.24. The second kappa shape index (κ2) is 6.54. The van der Waals surface area contributed by atoms with Crippen LogP contribution in [-0.4, -0.2) is 13.7 Å². The number of ether oxygens (including phenoxy) is 1. The molecule has 90 valence electrons. The number of rotatable bonds is 6. The lowest BCUT2D eigenvalue weighted by Gasteiger charge is -2.16. The van der Waals surface area contributed by atoms with Crippen molar-refractivity contribution in [1.29, 1.82) is 0 Å². The maximum absolute atomic E-state index is 5.93. The fraction of sp³-hybridized carbons (Fsp3) is 0.571. The summed E-state index contributed by atoms with van der Waals surface area (Å²) in [5, 5.41) is 3.17. The number of aryl methyl sites for hydroxylation is 1. The second-order valence-electron chi connectivity index (χ2n) is 4.42. The van der Waals surface area contributed by atoms with Crippen LogP contribution in [0, 0.1) is 12.8 Å². The molecule has 0 heterocycles. The maximum Gasteiger partial charge on any atom is 0.126 e. The summed E-state index contributed by atoms with van der Waals surface area (Å²) in [5.41, 5.74) is 2.46. The van der Waals surface area contributed by atoms with E-state index in [1.165, 1.54) is 11.1 Å². The predicted molar refractivity (Wildman–Crippen MR) is 68.9 cm³/mol. The van der Waals surface area contributed by atoms with Gasteiger partial charge in [0.25, 0.3) is 0 Å². The number of benzene rings is 1. The Kier molecular flexibility index (Phi) is 5.33. The van der Waals surface area contributed by atoms with Gasteiger partial charge in [0, 0.05) is 12.1 Å². The molecular formula is C14H23NO. The summed E-state index contributed by atoms with van der Waals surface area (Å²) in [7, 11) is 1.96. The molecule has 0 radical (unpaired) electrons.